The molecule has 2 aromatic heterocycles. The first kappa shape index (κ1) is 20.7. The summed E-state index contributed by atoms with van der Waals surface area (Å²) in [5.41, 5.74) is 3.49. The van der Waals surface area contributed by atoms with Crippen molar-refractivity contribution in [2.24, 2.45) is 0 Å². The zero-order valence-electron chi connectivity index (χ0n) is 16.5. The number of aromatic nitrogens is 3. The second-order valence-corrected chi connectivity index (χ2v) is 6.96. The van der Waals surface area contributed by atoms with Crippen molar-refractivity contribution in [2.45, 2.75) is 46.0 Å². The number of benzene rings is 1. The molecule has 3 aromatic rings. The molecule has 2 heterocycles. The Morgan fingerprint density at radius 3 is 2.62 bits per heavy atom. The van der Waals surface area contributed by atoms with Gasteiger partial charge in [-0.3, -0.25) is 4.98 Å². The first-order valence-corrected chi connectivity index (χ1v) is 9.66. The molecular weight excluding hydrogens is 368 g/mol. The van der Waals surface area contributed by atoms with Gasteiger partial charge in [-0.1, -0.05) is 30.3 Å². The fourth-order valence-corrected chi connectivity index (χ4v) is 3.29. The molecule has 1 aromatic carbocycles. The smallest absolute Gasteiger partial charge is 0.335 e. The molecular formula is C22H26N4O3. The summed E-state index contributed by atoms with van der Waals surface area (Å²) in [5, 5.41) is 21.8. The lowest BCUT2D eigenvalue weighted by Gasteiger charge is -2.11. The molecule has 3 rings (SSSR count). The van der Waals surface area contributed by atoms with E-state index in [0.29, 0.717) is 24.5 Å². The highest BCUT2D eigenvalue weighted by Crippen LogP contribution is 2.10. The number of hydrogen-bond donors (Lipinski definition) is 3. The van der Waals surface area contributed by atoms with E-state index in [4.69, 9.17) is 0 Å². The first-order valence-electron chi connectivity index (χ1n) is 9.66. The molecule has 152 valence electrons. The summed E-state index contributed by atoms with van der Waals surface area (Å²) in [4.78, 5) is 20.0. The average molecular weight is 394 g/mol. The van der Waals surface area contributed by atoms with E-state index in [-0.39, 0.29) is 12.2 Å². The van der Waals surface area contributed by atoms with Gasteiger partial charge in [-0.05, 0) is 37.5 Å². The number of imidazole rings is 1. The van der Waals surface area contributed by atoms with Gasteiger partial charge in [-0.2, -0.15) is 0 Å². The third-order valence-corrected chi connectivity index (χ3v) is 4.76. The van der Waals surface area contributed by atoms with Crippen LogP contribution in [0.25, 0.3) is 0 Å². The van der Waals surface area contributed by atoms with Crippen molar-refractivity contribution in [3.8, 4) is 0 Å². The molecule has 0 atom stereocenters. The largest absolute Gasteiger partial charge is 0.478 e. The number of aliphatic hydroxyl groups excluding tert-OH is 1. The van der Waals surface area contributed by atoms with Gasteiger partial charge >= 0.3 is 5.97 Å². The number of pyridine rings is 1. The van der Waals surface area contributed by atoms with Crippen molar-refractivity contribution < 1.29 is 15.0 Å². The molecule has 29 heavy (non-hydrogen) atoms. The minimum atomic E-state index is -1.03. The number of carboxylic acid groups (broad SMARTS) is 1. The average Bonchev–Trinajstić information content (AvgIpc) is 3.08. The molecule has 0 fully saturated rings. The van der Waals surface area contributed by atoms with E-state index in [0.717, 1.165) is 30.9 Å². The van der Waals surface area contributed by atoms with Crippen molar-refractivity contribution >= 4 is 5.97 Å². The number of nitrogens with zero attached hydrogens (tertiary/aromatic N) is 3. The second kappa shape index (κ2) is 9.95. The molecule has 7 heteroatoms. The van der Waals surface area contributed by atoms with Crippen molar-refractivity contribution in [3.63, 3.8) is 0 Å². The molecule has 3 N–H and O–H groups in total. The van der Waals surface area contributed by atoms with Crippen LogP contribution in [0.1, 0.15) is 45.2 Å². The highest BCUT2D eigenvalue weighted by atomic mass is 16.4. The van der Waals surface area contributed by atoms with E-state index >= 15 is 0 Å². The lowest BCUT2D eigenvalue weighted by atomic mass is 10.1. The Morgan fingerprint density at radius 2 is 1.90 bits per heavy atom. The van der Waals surface area contributed by atoms with Gasteiger partial charge in [0.15, 0.2) is 0 Å². The standard InChI is InChI=1S/C22H26N4O3/c1-16-12-24-21(26(16)9-5-8-17-6-3-2-4-7-17)14-23-13-19-10-18(22(28)29)11-20(15-27)25-19/h2-4,6-7,10-12,23,27H,5,8-9,13-15H2,1H3,(H,28,29). The maximum Gasteiger partial charge on any atom is 0.335 e. The fourth-order valence-electron chi connectivity index (χ4n) is 3.29. The Balaban J connectivity index is 1.57. The second-order valence-electron chi connectivity index (χ2n) is 6.96. The molecule has 0 bridgehead atoms. The monoisotopic (exact) mass is 394 g/mol. The highest BCUT2D eigenvalue weighted by molar-refractivity contribution is 5.87. The Kier molecular flexibility index (Phi) is 7.10. The van der Waals surface area contributed by atoms with Gasteiger partial charge < -0.3 is 20.1 Å². The summed E-state index contributed by atoms with van der Waals surface area (Å²) in [6, 6.07) is 13.3. The zero-order chi connectivity index (χ0) is 20.6. The Labute approximate surface area is 170 Å². The van der Waals surface area contributed by atoms with Crippen LogP contribution in [-0.2, 0) is 32.7 Å². The number of nitrogens with one attached hydrogen (secondary N) is 1. The van der Waals surface area contributed by atoms with Crippen LogP contribution in [-0.4, -0.2) is 30.7 Å². The SMILES string of the molecule is Cc1cnc(CNCc2cc(C(=O)O)cc(CO)n2)n1CCCc1ccccc1. The van der Waals surface area contributed by atoms with Crippen LogP contribution >= 0.6 is 0 Å². The van der Waals surface area contributed by atoms with Crippen molar-refractivity contribution in [1.29, 1.82) is 0 Å². The third kappa shape index (κ3) is 5.73. The predicted octanol–water partition coefficient (Wildman–Crippen LogP) is 2.70. The van der Waals surface area contributed by atoms with Crippen LogP contribution in [0.3, 0.4) is 0 Å². The molecule has 0 saturated carbocycles. The molecule has 0 radical (unpaired) electrons. The number of aliphatic hydroxyl groups is 1. The summed E-state index contributed by atoms with van der Waals surface area (Å²) < 4.78 is 2.20. The first-order chi connectivity index (χ1) is 14.1. The van der Waals surface area contributed by atoms with E-state index in [1.807, 2.05) is 19.2 Å². The number of aromatic carboxylic acids is 1. The quantitative estimate of drug-likeness (QED) is 0.489. The maximum atomic E-state index is 11.2. The highest BCUT2D eigenvalue weighted by Gasteiger charge is 2.10. The molecule has 0 aliphatic heterocycles. The summed E-state index contributed by atoms with van der Waals surface area (Å²) in [5.74, 6) is -0.0970. The van der Waals surface area contributed by atoms with Crippen LogP contribution < -0.4 is 5.32 Å². The van der Waals surface area contributed by atoms with E-state index in [1.165, 1.54) is 17.7 Å². The van der Waals surface area contributed by atoms with Crippen molar-refractivity contribution in [1.82, 2.24) is 19.9 Å². The number of carbonyl (C=O) groups is 1. The summed E-state index contributed by atoms with van der Waals surface area (Å²) in [6.45, 7) is 3.58. The Morgan fingerprint density at radius 1 is 1.14 bits per heavy atom. The van der Waals surface area contributed by atoms with E-state index in [9.17, 15) is 15.0 Å². The van der Waals surface area contributed by atoms with Crippen molar-refractivity contribution in [2.75, 3.05) is 0 Å². The van der Waals surface area contributed by atoms with Crippen LogP contribution in [0.4, 0.5) is 0 Å². The molecule has 0 spiro atoms. The van der Waals surface area contributed by atoms with Crippen LogP contribution in [0.2, 0.25) is 0 Å². The van der Waals surface area contributed by atoms with Crippen LogP contribution in [0.15, 0.2) is 48.7 Å². The van der Waals surface area contributed by atoms with Gasteiger partial charge in [0, 0.05) is 25.0 Å². The molecule has 0 aliphatic rings. The molecule has 0 amide bonds. The lowest BCUT2D eigenvalue weighted by Crippen LogP contribution is -2.19. The Bertz CT molecular complexity index is 954. The minimum absolute atomic E-state index is 0.124. The van der Waals surface area contributed by atoms with E-state index in [1.54, 1.807) is 0 Å². The summed E-state index contributed by atoms with van der Waals surface area (Å²) >= 11 is 0. The van der Waals surface area contributed by atoms with Gasteiger partial charge in [0.25, 0.3) is 0 Å². The number of rotatable bonds is 10. The summed E-state index contributed by atoms with van der Waals surface area (Å²) in [7, 11) is 0. The molecule has 0 aliphatic carbocycles. The zero-order valence-corrected chi connectivity index (χ0v) is 16.5. The predicted molar refractivity (Wildman–Crippen MR) is 109 cm³/mol. The third-order valence-electron chi connectivity index (χ3n) is 4.76. The fraction of sp³-hybridized carbons (Fsp3) is 0.318. The van der Waals surface area contributed by atoms with E-state index in [2.05, 4.69) is 44.1 Å². The Hall–Kier alpha value is -3.03. The molecule has 0 saturated heterocycles. The number of hydrogen-bond acceptors (Lipinski definition) is 5. The minimum Gasteiger partial charge on any atom is -0.478 e. The van der Waals surface area contributed by atoms with Gasteiger partial charge in [0.05, 0.1) is 30.1 Å². The molecule has 0 unspecified atom stereocenters. The van der Waals surface area contributed by atoms with E-state index < -0.39 is 5.97 Å². The van der Waals surface area contributed by atoms with Gasteiger partial charge in [0.2, 0.25) is 0 Å². The van der Waals surface area contributed by atoms with Gasteiger partial charge in [0.1, 0.15) is 5.82 Å². The number of carboxylic acids is 1. The number of aryl methyl sites for hydroxylation is 2. The van der Waals surface area contributed by atoms with Gasteiger partial charge in [-0.25, -0.2) is 9.78 Å². The van der Waals surface area contributed by atoms with Crippen molar-refractivity contribution in [3.05, 3.63) is 82.7 Å². The van der Waals surface area contributed by atoms with Gasteiger partial charge in [-0.15, -0.1) is 0 Å². The van der Waals surface area contributed by atoms with Crippen LogP contribution in [0.5, 0.6) is 0 Å². The normalized spacial score (nSPS) is 11.0. The maximum absolute atomic E-state index is 11.2. The summed E-state index contributed by atoms with van der Waals surface area (Å²) in [6.07, 6.45) is 3.91. The molecule has 7 nitrogen and oxygen atoms in total. The lowest BCUT2D eigenvalue weighted by molar-refractivity contribution is 0.0696. The van der Waals surface area contributed by atoms with Crippen LogP contribution in [0, 0.1) is 6.92 Å². The topological polar surface area (TPSA) is 100 Å².